The molecule has 1 rings (SSSR count). The van der Waals surface area contributed by atoms with Gasteiger partial charge in [-0.1, -0.05) is 6.42 Å². The summed E-state index contributed by atoms with van der Waals surface area (Å²) in [7, 11) is 1.37. The molecule has 0 aromatic heterocycles. The van der Waals surface area contributed by atoms with Crippen LogP contribution in [0.4, 0.5) is 0 Å². The van der Waals surface area contributed by atoms with Gasteiger partial charge in [-0.15, -0.1) is 0 Å². The van der Waals surface area contributed by atoms with Gasteiger partial charge in [0.1, 0.15) is 5.78 Å². The number of methoxy groups -OCH3 is 1. The van der Waals surface area contributed by atoms with Crippen molar-refractivity contribution in [3.05, 3.63) is 0 Å². The van der Waals surface area contributed by atoms with Crippen molar-refractivity contribution in [1.29, 1.82) is 0 Å². The molecular weight excluding hydrogens is 156 g/mol. The van der Waals surface area contributed by atoms with E-state index in [1.807, 2.05) is 0 Å². The zero-order valence-electron chi connectivity index (χ0n) is 7.34. The van der Waals surface area contributed by atoms with Crippen molar-refractivity contribution < 1.29 is 14.3 Å². The lowest BCUT2D eigenvalue weighted by Gasteiger charge is -2.09. The van der Waals surface area contributed by atoms with Gasteiger partial charge in [-0.05, 0) is 12.8 Å². The van der Waals surface area contributed by atoms with E-state index in [1.165, 1.54) is 7.11 Å². The van der Waals surface area contributed by atoms with E-state index < -0.39 is 0 Å². The summed E-state index contributed by atoms with van der Waals surface area (Å²) in [5.74, 6) is -0.210. The van der Waals surface area contributed by atoms with Crippen LogP contribution in [-0.2, 0) is 14.3 Å². The summed E-state index contributed by atoms with van der Waals surface area (Å²) in [4.78, 5) is 22.2. The number of carbonyl (C=O) groups is 2. The van der Waals surface area contributed by atoms with Crippen molar-refractivity contribution >= 4 is 11.8 Å². The van der Waals surface area contributed by atoms with Gasteiger partial charge in [0.15, 0.2) is 0 Å². The molecule has 3 heteroatoms. The van der Waals surface area contributed by atoms with Gasteiger partial charge in [-0.2, -0.15) is 0 Å². The van der Waals surface area contributed by atoms with Crippen molar-refractivity contribution in [1.82, 2.24) is 0 Å². The topological polar surface area (TPSA) is 43.4 Å². The first-order valence-electron chi connectivity index (χ1n) is 4.33. The van der Waals surface area contributed by atoms with Crippen LogP contribution in [0.2, 0.25) is 0 Å². The highest BCUT2D eigenvalue weighted by atomic mass is 16.5. The number of hydrogen-bond acceptors (Lipinski definition) is 3. The first kappa shape index (κ1) is 9.23. The number of carbonyl (C=O) groups excluding carboxylic acids is 2. The molecule has 1 saturated carbocycles. The molecule has 12 heavy (non-hydrogen) atoms. The van der Waals surface area contributed by atoms with Crippen molar-refractivity contribution in [3.63, 3.8) is 0 Å². The van der Waals surface area contributed by atoms with Crippen LogP contribution in [0.5, 0.6) is 0 Å². The third kappa shape index (κ3) is 2.32. The fourth-order valence-electron chi connectivity index (χ4n) is 1.56. The molecule has 0 unspecified atom stereocenters. The SMILES string of the molecule is COC(=O)[C@H]1CCCCC(=O)C1. The highest BCUT2D eigenvalue weighted by Crippen LogP contribution is 2.21. The molecule has 0 N–H and O–H groups in total. The number of ether oxygens (including phenoxy) is 1. The fourth-order valence-corrected chi connectivity index (χ4v) is 1.56. The zero-order valence-corrected chi connectivity index (χ0v) is 7.34. The van der Waals surface area contributed by atoms with Crippen LogP contribution in [0.15, 0.2) is 0 Å². The van der Waals surface area contributed by atoms with Crippen molar-refractivity contribution in [2.45, 2.75) is 32.1 Å². The maximum absolute atomic E-state index is 11.1. The standard InChI is InChI=1S/C9H14O3/c1-12-9(11)7-4-2-3-5-8(10)6-7/h7H,2-6H2,1H3/t7-/m0/s1. The van der Waals surface area contributed by atoms with Gasteiger partial charge >= 0.3 is 5.97 Å². The number of ketones is 1. The molecule has 1 aliphatic carbocycles. The summed E-state index contributed by atoms with van der Waals surface area (Å²) in [5, 5.41) is 0. The zero-order chi connectivity index (χ0) is 8.97. The third-order valence-electron chi connectivity index (χ3n) is 2.27. The van der Waals surface area contributed by atoms with E-state index in [-0.39, 0.29) is 17.7 Å². The van der Waals surface area contributed by atoms with E-state index >= 15 is 0 Å². The van der Waals surface area contributed by atoms with Gasteiger partial charge in [-0.25, -0.2) is 0 Å². The summed E-state index contributed by atoms with van der Waals surface area (Å²) in [5.41, 5.74) is 0. The van der Waals surface area contributed by atoms with Crippen molar-refractivity contribution in [2.75, 3.05) is 7.11 Å². The van der Waals surface area contributed by atoms with Gasteiger partial charge in [0.2, 0.25) is 0 Å². The highest BCUT2D eigenvalue weighted by Gasteiger charge is 2.24. The van der Waals surface area contributed by atoms with Gasteiger partial charge in [0, 0.05) is 12.8 Å². The van der Waals surface area contributed by atoms with Crippen LogP contribution < -0.4 is 0 Å². The number of Topliss-reactive ketones (excluding diaryl/α,β-unsaturated/α-hetero) is 1. The molecule has 1 fully saturated rings. The summed E-state index contributed by atoms with van der Waals surface area (Å²) in [6, 6.07) is 0. The Morgan fingerprint density at radius 1 is 1.50 bits per heavy atom. The number of hydrogen-bond donors (Lipinski definition) is 0. The Kier molecular flexibility index (Phi) is 3.26. The number of esters is 1. The van der Waals surface area contributed by atoms with Gasteiger partial charge in [-0.3, -0.25) is 9.59 Å². The summed E-state index contributed by atoms with van der Waals surface area (Å²) < 4.78 is 4.60. The van der Waals surface area contributed by atoms with E-state index in [4.69, 9.17) is 0 Å². The summed E-state index contributed by atoms with van der Waals surface area (Å²) in [6.07, 6.45) is 3.70. The Morgan fingerprint density at radius 2 is 2.25 bits per heavy atom. The second-order valence-corrected chi connectivity index (χ2v) is 3.21. The Morgan fingerprint density at radius 3 is 2.92 bits per heavy atom. The normalized spacial score (nSPS) is 24.8. The van der Waals surface area contributed by atoms with E-state index in [2.05, 4.69) is 4.74 Å². The molecule has 0 amide bonds. The molecule has 0 radical (unpaired) electrons. The molecule has 1 aliphatic rings. The molecule has 0 aliphatic heterocycles. The lowest BCUT2D eigenvalue weighted by Crippen LogP contribution is -2.17. The van der Waals surface area contributed by atoms with Gasteiger partial charge < -0.3 is 4.74 Å². The molecule has 0 aromatic carbocycles. The Bertz CT molecular complexity index is 186. The van der Waals surface area contributed by atoms with E-state index in [0.717, 1.165) is 19.3 Å². The van der Waals surface area contributed by atoms with Crippen LogP contribution >= 0.6 is 0 Å². The smallest absolute Gasteiger partial charge is 0.309 e. The highest BCUT2D eigenvalue weighted by molar-refractivity contribution is 5.84. The molecule has 0 saturated heterocycles. The van der Waals surface area contributed by atoms with Crippen LogP contribution in [-0.4, -0.2) is 18.9 Å². The van der Waals surface area contributed by atoms with E-state index in [9.17, 15) is 9.59 Å². The average Bonchev–Trinajstić information content (AvgIpc) is 2.28. The van der Waals surface area contributed by atoms with Gasteiger partial charge in [0.05, 0.1) is 13.0 Å². The van der Waals surface area contributed by atoms with Crippen LogP contribution in [0.25, 0.3) is 0 Å². The number of rotatable bonds is 1. The van der Waals surface area contributed by atoms with Crippen LogP contribution in [0.1, 0.15) is 32.1 Å². The molecule has 0 heterocycles. The summed E-state index contributed by atoms with van der Waals surface area (Å²) in [6.45, 7) is 0. The maximum Gasteiger partial charge on any atom is 0.309 e. The fraction of sp³-hybridized carbons (Fsp3) is 0.778. The molecule has 1 atom stereocenters. The largest absolute Gasteiger partial charge is 0.469 e. The first-order chi connectivity index (χ1) is 5.74. The minimum atomic E-state index is -0.231. The molecule has 3 nitrogen and oxygen atoms in total. The molecular formula is C9H14O3. The Balaban J connectivity index is 2.51. The first-order valence-corrected chi connectivity index (χ1v) is 4.33. The van der Waals surface area contributed by atoms with Crippen molar-refractivity contribution in [3.8, 4) is 0 Å². The minimum absolute atomic E-state index is 0.176. The lowest BCUT2D eigenvalue weighted by atomic mass is 10.0. The van der Waals surface area contributed by atoms with E-state index in [0.29, 0.717) is 12.8 Å². The Labute approximate surface area is 72.1 Å². The predicted octanol–water partition coefficient (Wildman–Crippen LogP) is 1.31. The second kappa shape index (κ2) is 4.24. The van der Waals surface area contributed by atoms with Crippen LogP contribution in [0.3, 0.4) is 0 Å². The molecule has 0 bridgehead atoms. The quantitative estimate of drug-likeness (QED) is 0.440. The molecule has 0 spiro atoms. The second-order valence-electron chi connectivity index (χ2n) is 3.21. The monoisotopic (exact) mass is 170 g/mol. The third-order valence-corrected chi connectivity index (χ3v) is 2.27. The van der Waals surface area contributed by atoms with E-state index in [1.54, 1.807) is 0 Å². The average molecular weight is 170 g/mol. The minimum Gasteiger partial charge on any atom is -0.469 e. The maximum atomic E-state index is 11.1. The Hall–Kier alpha value is -0.860. The van der Waals surface area contributed by atoms with Crippen LogP contribution in [0, 0.1) is 5.92 Å². The summed E-state index contributed by atoms with van der Waals surface area (Å²) >= 11 is 0. The van der Waals surface area contributed by atoms with Gasteiger partial charge in [0.25, 0.3) is 0 Å². The van der Waals surface area contributed by atoms with Crippen molar-refractivity contribution in [2.24, 2.45) is 5.92 Å². The predicted molar refractivity (Wildman–Crippen MR) is 43.6 cm³/mol. The molecule has 0 aromatic rings. The molecule has 68 valence electrons. The lowest BCUT2D eigenvalue weighted by molar-refractivity contribution is -0.147.